The molecule has 2 rings (SSSR count). The van der Waals surface area contributed by atoms with Gasteiger partial charge in [-0.3, -0.25) is 0 Å². The van der Waals surface area contributed by atoms with Gasteiger partial charge in [-0.25, -0.2) is 0 Å². The first-order chi connectivity index (χ1) is 10.6. The molecule has 2 nitrogen and oxygen atoms in total. The molecule has 121 valence electrons. The molecule has 0 unspecified atom stereocenters. The van der Waals surface area contributed by atoms with Crippen molar-refractivity contribution < 1.29 is 9.68 Å². The first kappa shape index (κ1) is 17.6. The topological polar surface area (TPSA) is 29.5 Å². The molecule has 0 saturated carbocycles. The summed E-state index contributed by atoms with van der Waals surface area (Å²) in [5.74, 6) is 0.670. The summed E-state index contributed by atoms with van der Waals surface area (Å²) in [6.45, 7) is 13.1. The Morgan fingerprint density at radius 1 is 0.783 bits per heavy atom. The fourth-order valence-corrected chi connectivity index (χ4v) is 2.53. The minimum atomic E-state index is 0.0299. The zero-order valence-corrected chi connectivity index (χ0v) is 15.0. The van der Waals surface area contributed by atoms with E-state index >= 15 is 0 Å². The highest BCUT2D eigenvalue weighted by atomic mass is 16.5. The van der Waals surface area contributed by atoms with Crippen molar-refractivity contribution in [2.24, 2.45) is 0 Å². The molecule has 0 fully saturated rings. The van der Waals surface area contributed by atoms with Crippen LogP contribution in [-0.4, -0.2) is 12.7 Å². The lowest BCUT2D eigenvalue weighted by Crippen LogP contribution is -2.12. The summed E-state index contributed by atoms with van der Waals surface area (Å²) < 4.78 is 5.36. The zero-order valence-electron chi connectivity index (χ0n) is 15.0. The van der Waals surface area contributed by atoms with Crippen LogP contribution in [0.1, 0.15) is 52.7 Å². The molecule has 1 N–H and O–H groups in total. The molecule has 0 aliphatic carbocycles. The maximum absolute atomic E-state index is 9.09. The van der Waals surface area contributed by atoms with Crippen LogP contribution in [0.5, 0.6) is 5.75 Å². The van der Waals surface area contributed by atoms with Gasteiger partial charge in [0, 0.05) is 5.56 Å². The highest BCUT2D eigenvalue weighted by Gasteiger charge is 2.18. The van der Waals surface area contributed by atoms with Crippen LogP contribution in [0.2, 0.25) is 0 Å². The Morgan fingerprint density at radius 2 is 1.30 bits per heavy atom. The van der Waals surface area contributed by atoms with Gasteiger partial charge in [0.1, 0.15) is 5.75 Å². The minimum absolute atomic E-state index is 0.0299. The molecule has 0 spiro atoms. The van der Waals surface area contributed by atoms with Crippen LogP contribution in [0, 0.1) is 0 Å². The Bertz CT molecular complexity index is 662. The third-order valence-corrected chi connectivity index (χ3v) is 4.09. The van der Waals surface area contributed by atoms with E-state index in [0.717, 1.165) is 18.8 Å². The van der Waals surface area contributed by atoms with Crippen LogP contribution in [0.3, 0.4) is 0 Å². The molecule has 0 aliphatic rings. The van der Waals surface area contributed by atoms with Crippen molar-refractivity contribution in [2.75, 3.05) is 0 Å². The minimum Gasteiger partial charge on any atom is -0.537 e. The quantitative estimate of drug-likeness (QED) is 0.821. The molecule has 23 heavy (non-hydrogen) atoms. The van der Waals surface area contributed by atoms with Gasteiger partial charge in [0.05, 0.1) is 0 Å². The Hall–Kier alpha value is -1.74. The second-order valence-electron chi connectivity index (χ2n) is 8.01. The second kappa shape index (κ2) is 6.41. The van der Waals surface area contributed by atoms with Crippen molar-refractivity contribution >= 4 is 7.69 Å². The van der Waals surface area contributed by atoms with Crippen molar-refractivity contribution in [3.8, 4) is 16.9 Å². The van der Waals surface area contributed by atoms with E-state index < -0.39 is 0 Å². The normalized spacial score (nSPS) is 12.1. The molecule has 0 bridgehead atoms. The fraction of sp³-hybridized carbons (Fsp3) is 0.400. The van der Waals surface area contributed by atoms with Gasteiger partial charge in [-0.1, -0.05) is 77.9 Å². The first-order valence-corrected chi connectivity index (χ1v) is 8.01. The molecule has 1 radical (unpaired) electrons. The van der Waals surface area contributed by atoms with E-state index in [1.54, 1.807) is 0 Å². The largest absolute Gasteiger partial charge is 0.569 e. The molecule has 3 heteroatoms. The fourth-order valence-electron chi connectivity index (χ4n) is 2.53. The predicted octanol–water partition coefficient (Wildman–Crippen LogP) is 4.85. The van der Waals surface area contributed by atoms with Crippen LogP contribution in [-0.2, 0) is 10.8 Å². The Labute approximate surface area is 140 Å². The average Bonchev–Trinajstić information content (AvgIpc) is 2.46. The molecular weight excluding hydrogens is 283 g/mol. The lowest BCUT2D eigenvalue weighted by molar-refractivity contribution is 0.453. The van der Waals surface area contributed by atoms with Crippen LogP contribution >= 0.6 is 0 Å². The highest BCUT2D eigenvalue weighted by molar-refractivity contribution is 6.17. The van der Waals surface area contributed by atoms with Gasteiger partial charge in [0.2, 0.25) is 0 Å². The summed E-state index contributed by atoms with van der Waals surface area (Å²) in [5, 5.41) is 9.09. The molecule has 0 saturated heterocycles. The van der Waals surface area contributed by atoms with Crippen molar-refractivity contribution in [1.82, 2.24) is 0 Å². The van der Waals surface area contributed by atoms with E-state index in [4.69, 9.17) is 9.68 Å². The molecule has 2 aromatic rings. The van der Waals surface area contributed by atoms with Gasteiger partial charge < -0.3 is 9.68 Å². The number of rotatable bonds is 3. The first-order valence-electron chi connectivity index (χ1n) is 8.01. The smallest absolute Gasteiger partial charge is 0.537 e. The Morgan fingerprint density at radius 3 is 1.78 bits per heavy atom. The summed E-state index contributed by atoms with van der Waals surface area (Å²) in [4.78, 5) is 0. The SMILES string of the molecule is CC(C)(C)c1ccc(-c2ccc(C(C)(C)C)cc2O[B]O)cc1. The predicted molar refractivity (Wildman–Crippen MR) is 97.9 cm³/mol. The Kier molecular flexibility index (Phi) is 4.91. The van der Waals surface area contributed by atoms with Gasteiger partial charge >= 0.3 is 7.69 Å². The van der Waals surface area contributed by atoms with Gasteiger partial charge in [0.15, 0.2) is 0 Å². The maximum Gasteiger partial charge on any atom is 0.569 e. The lowest BCUT2D eigenvalue weighted by Gasteiger charge is -2.22. The summed E-state index contributed by atoms with van der Waals surface area (Å²) in [6, 6.07) is 14.7. The summed E-state index contributed by atoms with van der Waals surface area (Å²) in [7, 11) is 0.745. The molecule has 0 heterocycles. The number of hydrogen-bond donors (Lipinski definition) is 1. The van der Waals surface area contributed by atoms with Crippen LogP contribution in [0.4, 0.5) is 0 Å². The molecule has 0 aromatic heterocycles. The van der Waals surface area contributed by atoms with E-state index in [9.17, 15) is 0 Å². The second-order valence-corrected chi connectivity index (χ2v) is 8.01. The zero-order chi connectivity index (χ0) is 17.3. The van der Waals surface area contributed by atoms with E-state index in [-0.39, 0.29) is 10.8 Å². The van der Waals surface area contributed by atoms with Crippen molar-refractivity contribution in [1.29, 1.82) is 0 Å². The van der Waals surface area contributed by atoms with Crippen molar-refractivity contribution in [2.45, 2.75) is 52.4 Å². The van der Waals surface area contributed by atoms with Crippen LogP contribution < -0.4 is 4.65 Å². The standard InChI is InChI=1S/C20H26BO2/c1-19(2,3)15-9-7-14(8-10-15)17-12-11-16(20(4,5)6)13-18(17)23-21-22/h7-13,22H,1-6H3. The van der Waals surface area contributed by atoms with Gasteiger partial charge in [-0.15, -0.1) is 0 Å². The van der Waals surface area contributed by atoms with E-state index in [0.29, 0.717) is 5.75 Å². The molecule has 2 aromatic carbocycles. The van der Waals surface area contributed by atoms with Crippen molar-refractivity contribution in [3.05, 3.63) is 53.6 Å². The van der Waals surface area contributed by atoms with Gasteiger partial charge in [-0.2, -0.15) is 0 Å². The van der Waals surface area contributed by atoms with Crippen LogP contribution in [0.25, 0.3) is 11.1 Å². The molecule has 0 aliphatic heterocycles. The lowest BCUT2D eigenvalue weighted by atomic mass is 9.84. The van der Waals surface area contributed by atoms with Gasteiger partial charge in [0.25, 0.3) is 0 Å². The average molecular weight is 309 g/mol. The third kappa shape index (κ3) is 4.17. The maximum atomic E-state index is 9.09. The molecule has 0 atom stereocenters. The van der Waals surface area contributed by atoms with E-state index in [1.807, 2.05) is 6.07 Å². The molecule has 0 amide bonds. The Balaban J connectivity index is 2.46. The monoisotopic (exact) mass is 309 g/mol. The summed E-state index contributed by atoms with van der Waals surface area (Å²) >= 11 is 0. The van der Waals surface area contributed by atoms with E-state index in [2.05, 4.69) is 77.9 Å². The van der Waals surface area contributed by atoms with Gasteiger partial charge in [-0.05, 0) is 33.6 Å². The van der Waals surface area contributed by atoms with Crippen LogP contribution in [0.15, 0.2) is 42.5 Å². The number of hydrogen-bond acceptors (Lipinski definition) is 2. The summed E-state index contributed by atoms with van der Waals surface area (Å²) in [6.07, 6.45) is 0. The highest BCUT2D eigenvalue weighted by Crippen LogP contribution is 2.35. The van der Waals surface area contributed by atoms with Crippen molar-refractivity contribution in [3.63, 3.8) is 0 Å². The third-order valence-electron chi connectivity index (χ3n) is 4.09. The molecular formula is C20H26BO2. The number of benzene rings is 2. The summed E-state index contributed by atoms with van der Waals surface area (Å²) in [5.41, 5.74) is 4.68. The van der Waals surface area contributed by atoms with E-state index in [1.165, 1.54) is 11.1 Å².